The van der Waals surface area contributed by atoms with E-state index in [-0.39, 0.29) is 5.82 Å². The van der Waals surface area contributed by atoms with Crippen LogP contribution in [0.3, 0.4) is 0 Å². The number of halogens is 2. The summed E-state index contributed by atoms with van der Waals surface area (Å²) in [6.45, 7) is 3.70. The van der Waals surface area contributed by atoms with E-state index in [1.165, 1.54) is 18.9 Å². The van der Waals surface area contributed by atoms with E-state index in [4.69, 9.17) is 11.6 Å². The lowest BCUT2D eigenvalue weighted by molar-refractivity contribution is 0.457. The Bertz CT molecular complexity index is 343. The zero-order valence-corrected chi connectivity index (χ0v) is 10.2. The summed E-state index contributed by atoms with van der Waals surface area (Å²) >= 11 is 5.94. The maximum atomic E-state index is 13.4. The molecule has 0 amide bonds. The topological polar surface area (TPSA) is 12.0 Å². The van der Waals surface area contributed by atoms with Crippen molar-refractivity contribution in [3.63, 3.8) is 0 Å². The Labute approximate surface area is 101 Å². The third-order valence-corrected chi connectivity index (χ3v) is 3.61. The highest BCUT2D eigenvalue weighted by molar-refractivity contribution is 6.31. The second-order valence-electron chi connectivity index (χ2n) is 4.65. The molecule has 88 valence electrons. The molecular weight excluding hydrogens is 225 g/mol. The molecule has 1 fully saturated rings. The molecule has 3 heteroatoms. The van der Waals surface area contributed by atoms with Crippen molar-refractivity contribution in [3.05, 3.63) is 34.6 Å². The van der Waals surface area contributed by atoms with E-state index in [1.807, 2.05) is 0 Å². The fourth-order valence-electron chi connectivity index (χ4n) is 1.96. The van der Waals surface area contributed by atoms with Crippen LogP contribution in [0.25, 0.3) is 0 Å². The van der Waals surface area contributed by atoms with Crippen molar-refractivity contribution in [2.75, 3.05) is 6.54 Å². The van der Waals surface area contributed by atoms with Crippen molar-refractivity contribution in [2.45, 2.75) is 26.3 Å². The average molecular weight is 242 g/mol. The van der Waals surface area contributed by atoms with Gasteiger partial charge in [-0.3, -0.25) is 0 Å². The minimum atomic E-state index is -0.223. The van der Waals surface area contributed by atoms with Gasteiger partial charge in [-0.2, -0.15) is 0 Å². The van der Waals surface area contributed by atoms with Gasteiger partial charge in [-0.05, 0) is 43.4 Å². The van der Waals surface area contributed by atoms with Gasteiger partial charge in [-0.25, -0.2) is 4.39 Å². The molecule has 1 aliphatic carbocycles. The summed E-state index contributed by atoms with van der Waals surface area (Å²) in [6, 6.07) is 4.81. The molecule has 0 aromatic heterocycles. The van der Waals surface area contributed by atoms with Crippen molar-refractivity contribution in [3.8, 4) is 0 Å². The average Bonchev–Trinajstić information content (AvgIpc) is 3.05. The molecule has 16 heavy (non-hydrogen) atoms. The van der Waals surface area contributed by atoms with E-state index in [9.17, 15) is 4.39 Å². The third-order valence-electron chi connectivity index (χ3n) is 3.26. The molecule has 1 N–H and O–H groups in total. The predicted octanol–water partition coefficient (Wildman–Crippen LogP) is 3.61. The molecule has 1 nitrogen and oxygen atoms in total. The van der Waals surface area contributed by atoms with Crippen LogP contribution in [-0.2, 0) is 6.54 Å². The minimum Gasteiger partial charge on any atom is -0.312 e. The first-order valence-corrected chi connectivity index (χ1v) is 6.20. The maximum absolute atomic E-state index is 13.4. The SMILES string of the molecule is CC(CNCc1c(F)cccc1Cl)C1CC1. The summed E-state index contributed by atoms with van der Waals surface area (Å²) in [4.78, 5) is 0. The Morgan fingerprint density at radius 1 is 1.50 bits per heavy atom. The first kappa shape index (κ1) is 11.9. The Morgan fingerprint density at radius 2 is 2.25 bits per heavy atom. The molecule has 0 heterocycles. The molecule has 1 unspecified atom stereocenters. The molecule has 1 saturated carbocycles. The monoisotopic (exact) mass is 241 g/mol. The van der Waals surface area contributed by atoms with Crippen LogP contribution in [0.5, 0.6) is 0 Å². The van der Waals surface area contributed by atoms with Crippen LogP contribution in [0.15, 0.2) is 18.2 Å². The Kier molecular flexibility index (Phi) is 3.82. The standard InChI is InChI=1S/C13H17ClFN/c1-9(10-5-6-10)7-16-8-11-12(14)3-2-4-13(11)15/h2-4,9-10,16H,5-8H2,1H3. The number of nitrogens with one attached hydrogen (secondary N) is 1. The summed E-state index contributed by atoms with van der Waals surface area (Å²) in [7, 11) is 0. The van der Waals surface area contributed by atoms with Crippen molar-refractivity contribution < 1.29 is 4.39 Å². The van der Waals surface area contributed by atoms with Gasteiger partial charge in [-0.15, -0.1) is 0 Å². The lowest BCUT2D eigenvalue weighted by atomic mass is 10.1. The van der Waals surface area contributed by atoms with Gasteiger partial charge in [0, 0.05) is 17.1 Å². The first-order valence-electron chi connectivity index (χ1n) is 5.82. The van der Waals surface area contributed by atoms with Crippen molar-refractivity contribution >= 4 is 11.6 Å². The number of hydrogen-bond acceptors (Lipinski definition) is 1. The normalized spacial score (nSPS) is 17.4. The summed E-state index contributed by atoms with van der Waals surface area (Å²) < 4.78 is 13.4. The molecule has 0 spiro atoms. The fraction of sp³-hybridized carbons (Fsp3) is 0.538. The predicted molar refractivity (Wildman–Crippen MR) is 65.0 cm³/mol. The van der Waals surface area contributed by atoms with E-state index < -0.39 is 0 Å². The molecule has 0 aliphatic heterocycles. The Balaban J connectivity index is 1.84. The number of rotatable bonds is 5. The zero-order valence-electron chi connectivity index (χ0n) is 9.47. The van der Waals surface area contributed by atoms with E-state index in [2.05, 4.69) is 12.2 Å². The van der Waals surface area contributed by atoms with Crippen molar-refractivity contribution in [1.29, 1.82) is 0 Å². The van der Waals surface area contributed by atoms with Crippen molar-refractivity contribution in [1.82, 2.24) is 5.32 Å². The van der Waals surface area contributed by atoms with Crippen molar-refractivity contribution in [2.24, 2.45) is 11.8 Å². The second-order valence-corrected chi connectivity index (χ2v) is 5.05. The van der Waals surface area contributed by atoms with Gasteiger partial charge in [0.2, 0.25) is 0 Å². The van der Waals surface area contributed by atoms with Crippen LogP contribution in [0.4, 0.5) is 4.39 Å². The number of hydrogen-bond donors (Lipinski definition) is 1. The molecule has 0 saturated heterocycles. The second kappa shape index (κ2) is 5.15. The Morgan fingerprint density at radius 3 is 2.88 bits per heavy atom. The largest absolute Gasteiger partial charge is 0.312 e. The summed E-state index contributed by atoms with van der Waals surface area (Å²) in [5, 5.41) is 3.79. The van der Waals surface area contributed by atoms with E-state index >= 15 is 0 Å². The van der Waals surface area contributed by atoms with Gasteiger partial charge in [0.15, 0.2) is 0 Å². The fourth-order valence-corrected chi connectivity index (χ4v) is 2.19. The quantitative estimate of drug-likeness (QED) is 0.831. The lowest BCUT2D eigenvalue weighted by Gasteiger charge is -2.12. The molecule has 1 atom stereocenters. The van der Waals surface area contributed by atoms with Crippen LogP contribution >= 0.6 is 11.6 Å². The molecule has 0 radical (unpaired) electrons. The minimum absolute atomic E-state index is 0.223. The molecule has 1 aromatic carbocycles. The van der Waals surface area contributed by atoms with Gasteiger partial charge >= 0.3 is 0 Å². The molecule has 1 aliphatic rings. The molecule has 0 bridgehead atoms. The van der Waals surface area contributed by atoms with Gasteiger partial charge in [0.05, 0.1) is 0 Å². The van der Waals surface area contributed by atoms with Crippen LogP contribution in [0.2, 0.25) is 5.02 Å². The van der Waals surface area contributed by atoms with Crippen LogP contribution in [0.1, 0.15) is 25.3 Å². The highest BCUT2D eigenvalue weighted by atomic mass is 35.5. The van der Waals surface area contributed by atoms with Gasteiger partial charge in [0.25, 0.3) is 0 Å². The smallest absolute Gasteiger partial charge is 0.129 e. The highest BCUT2D eigenvalue weighted by Gasteiger charge is 2.27. The maximum Gasteiger partial charge on any atom is 0.129 e. The van der Waals surface area contributed by atoms with E-state index in [1.54, 1.807) is 12.1 Å². The molecule has 2 rings (SSSR count). The zero-order chi connectivity index (χ0) is 11.5. The third kappa shape index (κ3) is 2.96. The van der Waals surface area contributed by atoms with E-state index in [0.717, 1.165) is 12.5 Å². The summed E-state index contributed by atoms with van der Waals surface area (Å²) in [5.41, 5.74) is 0.576. The lowest BCUT2D eigenvalue weighted by Crippen LogP contribution is -2.22. The van der Waals surface area contributed by atoms with E-state index in [0.29, 0.717) is 23.0 Å². The van der Waals surface area contributed by atoms with Crippen LogP contribution in [0, 0.1) is 17.7 Å². The number of benzene rings is 1. The summed E-state index contributed by atoms with van der Waals surface area (Å²) in [6.07, 6.45) is 2.70. The van der Waals surface area contributed by atoms with Gasteiger partial charge in [0.1, 0.15) is 5.82 Å². The highest BCUT2D eigenvalue weighted by Crippen LogP contribution is 2.36. The van der Waals surface area contributed by atoms with Crippen LogP contribution in [-0.4, -0.2) is 6.54 Å². The Hall–Kier alpha value is -0.600. The molecule has 1 aromatic rings. The summed E-state index contributed by atoms with van der Waals surface area (Å²) in [5.74, 6) is 1.34. The van der Waals surface area contributed by atoms with Crippen LogP contribution < -0.4 is 5.32 Å². The van der Waals surface area contributed by atoms with Gasteiger partial charge in [-0.1, -0.05) is 24.6 Å². The van der Waals surface area contributed by atoms with Gasteiger partial charge < -0.3 is 5.32 Å². The molecular formula is C13H17ClFN. The first-order chi connectivity index (χ1) is 7.68.